The summed E-state index contributed by atoms with van der Waals surface area (Å²) in [5, 5.41) is 0.932. The molecule has 3 heteroatoms. The molecule has 0 N–H and O–H groups in total. The van der Waals surface area contributed by atoms with Crippen LogP contribution in [0.25, 0.3) is 9.65 Å². The third-order valence-electron chi connectivity index (χ3n) is 4.53. The summed E-state index contributed by atoms with van der Waals surface area (Å²) in [6.45, 7) is 0. The number of allylic oxidation sites excluding steroid dienone is 4. The van der Waals surface area contributed by atoms with Gasteiger partial charge in [0.1, 0.15) is 0 Å². The maximum atomic E-state index is 12.7. The predicted octanol–water partition coefficient (Wildman–Crippen LogP) is 3.29. The quantitative estimate of drug-likeness (QED) is 0.736. The predicted molar refractivity (Wildman–Crippen MR) is 83.4 cm³/mol. The average Bonchev–Trinajstić information content (AvgIpc) is 2.84. The average molecular weight is 330 g/mol. The fourth-order valence-corrected chi connectivity index (χ4v) is 5.93. The third-order valence-corrected chi connectivity index (χ3v) is 6.98. The van der Waals surface area contributed by atoms with Gasteiger partial charge in [-0.3, -0.25) is 0 Å². The van der Waals surface area contributed by atoms with Gasteiger partial charge in [0.05, 0.1) is 0 Å². The van der Waals surface area contributed by atoms with Gasteiger partial charge in [0, 0.05) is 0 Å². The van der Waals surface area contributed by atoms with Crippen molar-refractivity contribution in [2.75, 3.05) is 0 Å². The fraction of sp³-hybridized carbons (Fsp3) is 0.353. The summed E-state index contributed by atoms with van der Waals surface area (Å²) in [7, 11) is 0. The summed E-state index contributed by atoms with van der Waals surface area (Å²) < 4.78 is 3.41. The summed E-state index contributed by atoms with van der Waals surface area (Å²) in [6, 6.07) is 8.46. The van der Waals surface area contributed by atoms with E-state index in [1.165, 1.54) is 22.7 Å². The standard InChI is InChI=1S/C17H17NOSe/c19-17-14-9-3-4-11-16(14)20-18(17)15-10-5-7-12-6-1-2-8-13(12)15/h1-4,8-9,11-12,15H,5-7,10H2. The first-order valence-electron chi connectivity index (χ1n) is 7.32. The molecule has 102 valence electrons. The van der Waals surface area contributed by atoms with Crippen molar-refractivity contribution in [3.8, 4) is 0 Å². The number of hydrogen-bond acceptors (Lipinski definition) is 1. The molecule has 2 atom stereocenters. The Morgan fingerprint density at radius 1 is 1.20 bits per heavy atom. The molecule has 4 rings (SSSR count). The molecule has 2 aliphatic carbocycles. The molecule has 2 aromatic rings. The second-order valence-electron chi connectivity index (χ2n) is 5.69. The van der Waals surface area contributed by atoms with Crippen molar-refractivity contribution in [1.82, 2.24) is 3.56 Å². The van der Waals surface area contributed by atoms with Crippen LogP contribution in [0.15, 0.2) is 52.9 Å². The van der Waals surface area contributed by atoms with Crippen LogP contribution in [0.5, 0.6) is 0 Å². The normalized spacial score (nSPS) is 25.5. The van der Waals surface area contributed by atoms with E-state index >= 15 is 0 Å². The molecule has 1 heterocycles. The van der Waals surface area contributed by atoms with E-state index in [9.17, 15) is 4.79 Å². The Kier molecular flexibility index (Phi) is 3.05. The molecule has 0 aliphatic heterocycles. The Labute approximate surface area is 124 Å². The van der Waals surface area contributed by atoms with Crippen molar-refractivity contribution in [2.24, 2.45) is 5.92 Å². The Morgan fingerprint density at radius 3 is 3.00 bits per heavy atom. The van der Waals surface area contributed by atoms with Crippen LogP contribution < -0.4 is 5.56 Å². The van der Waals surface area contributed by atoms with Gasteiger partial charge in [0.25, 0.3) is 0 Å². The first-order valence-corrected chi connectivity index (χ1v) is 8.94. The molecule has 20 heavy (non-hydrogen) atoms. The molecule has 1 fully saturated rings. The van der Waals surface area contributed by atoms with Crippen LogP contribution in [-0.4, -0.2) is 18.3 Å². The van der Waals surface area contributed by atoms with Gasteiger partial charge in [-0.05, 0) is 0 Å². The van der Waals surface area contributed by atoms with Gasteiger partial charge in [-0.25, -0.2) is 0 Å². The van der Waals surface area contributed by atoms with Crippen LogP contribution in [0.1, 0.15) is 31.7 Å². The number of aromatic nitrogens is 1. The zero-order chi connectivity index (χ0) is 13.5. The van der Waals surface area contributed by atoms with E-state index in [0.717, 1.165) is 18.2 Å². The number of rotatable bonds is 1. The van der Waals surface area contributed by atoms with Crippen molar-refractivity contribution in [3.63, 3.8) is 0 Å². The fourth-order valence-electron chi connectivity index (χ4n) is 3.53. The van der Waals surface area contributed by atoms with Crippen molar-refractivity contribution in [3.05, 3.63) is 58.4 Å². The molecule has 0 bridgehead atoms. The van der Waals surface area contributed by atoms with Gasteiger partial charge in [-0.15, -0.1) is 0 Å². The molecule has 2 nitrogen and oxygen atoms in total. The van der Waals surface area contributed by atoms with E-state index in [4.69, 9.17) is 0 Å². The van der Waals surface area contributed by atoms with Crippen LogP contribution in [0.3, 0.4) is 0 Å². The summed E-state index contributed by atoms with van der Waals surface area (Å²) in [4.78, 5) is 12.7. The van der Waals surface area contributed by atoms with Gasteiger partial charge in [-0.2, -0.15) is 0 Å². The van der Waals surface area contributed by atoms with Crippen LogP contribution in [0, 0.1) is 5.92 Å². The molecule has 1 aromatic carbocycles. The number of hydrogen-bond donors (Lipinski definition) is 0. The van der Waals surface area contributed by atoms with E-state index in [0.29, 0.717) is 12.0 Å². The third kappa shape index (κ3) is 1.88. The Bertz CT molecular complexity index is 765. The molecule has 1 aromatic heterocycles. The van der Waals surface area contributed by atoms with Crippen LogP contribution in [0.2, 0.25) is 0 Å². The van der Waals surface area contributed by atoms with Crippen LogP contribution >= 0.6 is 0 Å². The summed E-state index contributed by atoms with van der Waals surface area (Å²) in [6.07, 6.45) is 11.5. The van der Waals surface area contributed by atoms with E-state index < -0.39 is 0 Å². The van der Waals surface area contributed by atoms with Crippen molar-refractivity contribution in [2.45, 2.75) is 31.7 Å². The number of nitrogens with zero attached hydrogens (tertiary/aromatic N) is 1. The van der Waals surface area contributed by atoms with Crippen LogP contribution in [0.4, 0.5) is 0 Å². The van der Waals surface area contributed by atoms with E-state index in [1.54, 1.807) is 0 Å². The topological polar surface area (TPSA) is 22.0 Å². The molecular formula is C17H17NOSe. The van der Waals surface area contributed by atoms with Crippen molar-refractivity contribution < 1.29 is 0 Å². The monoisotopic (exact) mass is 331 g/mol. The van der Waals surface area contributed by atoms with Gasteiger partial charge < -0.3 is 0 Å². The molecule has 2 aliphatic rings. The minimum absolute atomic E-state index is 0.155. The number of fused-ring (bicyclic) bond motifs is 2. The molecule has 0 amide bonds. The SMILES string of the molecule is O=c1c2ccccc2[se]n1C1CCCC2CC=CC=C21. The van der Waals surface area contributed by atoms with Gasteiger partial charge in [0.2, 0.25) is 0 Å². The molecule has 1 saturated carbocycles. The van der Waals surface area contributed by atoms with E-state index in [1.807, 2.05) is 18.2 Å². The Balaban J connectivity index is 1.86. The molecule has 0 saturated heterocycles. The zero-order valence-corrected chi connectivity index (χ0v) is 13.0. The molecular weight excluding hydrogens is 313 g/mol. The Hall–Kier alpha value is -1.31. The summed E-state index contributed by atoms with van der Waals surface area (Å²) in [5.41, 5.74) is 1.75. The second-order valence-corrected chi connectivity index (χ2v) is 7.82. The minimum atomic E-state index is 0.155. The van der Waals surface area contributed by atoms with Crippen molar-refractivity contribution in [1.29, 1.82) is 0 Å². The number of benzene rings is 1. The van der Waals surface area contributed by atoms with E-state index in [2.05, 4.69) is 27.9 Å². The summed E-state index contributed by atoms with van der Waals surface area (Å²) in [5.74, 6) is 0.672. The van der Waals surface area contributed by atoms with Crippen LogP contribution in [-0.2, 0) is 0 Å². The molecule has 0 spiro atoms. The summed E-state index contributed by atoms with van der Waals surface area (Å²) >= 11 is 0.155. The molecule has 0 radical (unpaired) electrons. The van der Waals surface area contributed by atoms with Crippen molar-refractivity contribution >= 4 is 24.4 Å². The first-order chi connectivity index (χ1) is 9.84. The molecule has 2 unspecified atom stereocenters. The maximum absolute atomic E-state index is 12.7. The Morgan fingerprint density at radius 2 is 2.10 bits per heavy atom. The second kappa shape index (κ2) is 4.91. The van der Waals surface area contributed by atoms with Gasteiger partial charge >= 0.3 is 124 Å². The van der Waals surface area contributed by atoms with Gasteiger partial charge in [0.15, 0.2) is 0 Å². The van der Waals surface area contributed by atoms with E-state index in [-0.39, 0.29) is 20.3 Å². The van der Waals surface area contributed by atoms with Gasteiger partial charge in [-0.1, -0.05) is 0 Å². The zero-order valence-electron chi connectivity index (χ0n) is 11.3. The first kappa shape index (κ1) is 12.4.